The van der Waals surface area contributed by atoms with E-state index in [4.69, 9.17) is 5.73 Å². The minimum absolute atomic E-state index is 0.154. The maximum absolute atomic E-state index is 12.2. The van der Waals surface area contributed by atoms with Crippen LogP contribution in [0.25, 0.3) is 0 Å². The Morgan fingerprint density at radius 2 is 2.06 bits per heavy atom. The van der Waals surface area contributed by atoms with E-state index < -0.39 is 0 Å². The average molecular weight is 309 g/mol. The Morgan fingerprint density at radius 1 is 1.39 bits per heavy atom. The number of hydrogen-bond donors (Lipinski definition) is 2. The van der Waals surface area contributed by atoms with Crippen LogP contribution in [-0.2, 0) is 4.79 Å². The van der Waals surface area contributed by atoms with Gasteiger partial charge in [0.15, 0.2) is 0 Å². The summed E-state index contributed by atoms with van der Waals surface area (Å²) < 4.78 is 0.943. The topological polar surface area (TPSA) is 55.1 Å². The molecule has 1 aromatic carbocycles. The van der Waals surface area contributed by atoms with E-state index in [1.54, 1.807) is 0 Å². The van der Waals surface area contributed by atoms with Crippen LogP contribution in [-0.4, -0.2) is 5.91 Å². The van der Waals surface area contributed by atoms with Gasteiger partial charge in [0.1, 0.15) is 0 Å². The van der Waals surface area contributed by atoms with Crippen molar-refractivity contribution in [3.63, 3.8) is 0 Å². The lowest BCUT2D eigenvalue weighted by Gasteiger charge is -2.12. The smallest absolute Gasteiger partial charge is 0.228 e. The summed E-state index contributed by atoms with van der Waals surface area (Å²) in [4.78, 5) is 12.2. The van der Waals surface area contributed by atoms with Crippen LogP contribution in [0.15, 0.2) is 16.6 Å². The van der Waals surface area contributed by atoms with Crippen LogP contribution in [0.1, 0.15) is 24.8 Å². The second-order valence-corrected chi connectivity index (χ2v) is 6.38. The molecule has 0 heterocycles. The van der Waals surface area contributed by atoms with E-state index in [0.717, 1.165) is 15.7 Å². The largest absolute Gasteiger partial charge is 0.397 e. The van der Waals surface area contributed by atoms with E-state index in [1.807, 2.05) is 19.1 Å². The highest BCUT2D eigenvalue weighted by Gasteiger charge is 2.56. The molecule has 0 spiro atoms. The first-order chi connectivity index (χ1) is 8.58. The number of hydrogen-bond acceptors (Lipinski definition) is 2. The number of carbonyl (C=O) groups excluding carboxylic acids is 1. The summed E-state index contributed by atoms with van der Waals surface area (Å²) in [6.45, 7) is 1.96. The summed E-state index contributed by atoms with van der Waals surface area (Å²) in [7, 11) is 0. The Morgan fingerprint density at radius 3 is 2.67 bits per heavy atom. The van der Waals surface area contributed by atoms with Crippen LogP contribution >= 0.6 is 15.9 Å². The molecule has 0 saturated heterocycles. The van der Waals surface area contributed by atoms with Crippen molar-refractivity contribution >= 4 is 33.2 Å². The minimum atomic E-state index is 0.154. The summed E-state index contributed by atoms with van der Waals surface area (Å²) in [6, 6.07) is 3.80. The third kappa shape index (κ3) is 1.92. The first kappa shape index (κ1) is 12.0. The molecule has 4 heteroatoms. The molecule has 3 rings (SSSR count). The maximum atomic E-state index is 12.2. The van der Waals surface area contributed by atoms with Crippen LogP contribution < -0.4 is 11.1 Å². The van der Waals surface area contributed by atoms with Crippen molar-refractivity contribution in [2.45, 2.75) is 26.2 Å². The molecule has 3 nitrogen and oxygen atoms in total. The van der Waals surface area contributed by atoms with Gasteiger partial charge >= 0.3 is 0 Å². The second kappa shape index (κ2) is 4.26. The number of carbonyl (C=O) groups is 1. The highest BCUT2D eigenvalue weighted by molar-refractivity contribution is 9.10. The molecule has 2 aliphatic carbocycles. The van der Waals surface area contributed by atoms with Crippen molar-refractivity contribution in [1.29, 1.82) is 0 Å². The number of aryl methyl sites for hydroxylation is 1. The molecule has 1 amide bonds. The number of fused-ring (bicyclic) bond motifs is 1. The third-order valence-corrected chi connectivity index (χ3v) is 4.75. The number of rotatable bonds is 2. The Kier molecular flexibility index (Phi) is 2.85. The van der Waals surface area contributed by atoms with Gasteiger partial charge in [-0.15, -0.1) is 0 Å². The molecule has 2 fully saturated rings. The quantitative estimate of drug-likeness (QED) is 0.823. The normalized spacial score (nSPS) is 28.9. The van der Waals surface area contributed by atoms with Crippen LogP contribution in [0.2, 0.25) is 0 Å². The monoisotopic (exact) mass is 308 g/mol. The van der Waals surface area contributed by atoms with Crippen molar-refractivity contribution in [2.24, 2.45) is 17.8 Å². The van der Waals surface area contributed by atoms with Gasteiger partial charge in [-0.3, -0.25) is 4.79 Å². The standard InChI is InChI=1S/C14H17BrN2O/c1-7-5-8(15)6-11(16)13(7)17-14(18)12-9-3-2-4-10(9)12/h5-6,9-10,12H,2-4,16H2,1H3,(H,17,18). The maximum Gasteiger partial charge on any atom is 0.228 e. The number of nitrogen functional groups attached to an aromatic ring is 1. The van der Waals surface area contributed by atoms with Gasteiger partial charge in [0, 0.05) is 10.4 Å². The first-order valence-electron chi connectivity index (χ1n) is 6.44. The molecule has 96 valence electrons. The van der Waals surface area contributed by atoms with E-state index in [1.165, 1.54) is 19.3 Å². The fraction of sp³-hybridized carbons (Fsp3) is 0.500. The minimum Gasteiger partial charge on any atom is -0.397 e. The van der Waals surface area contributed by atoms with Crippen molar-refractivity contribution in [1.82, 2.24) is 0 Å². The van der Waals surface area contributed by atoms with Gasteiger partial charge in [-0.05, 0) is 49.3 Å². The summed E-state index contributed by atoms with van der Waals surface area (Å²) in [5.74, 6) is 1.67. The van der Waals surface area contributed by atoms with E-state index >= 15 is 0 Å². The van der Waals surface area contributed by atoms with Crippen molar-refractivity contribution < 1.29 is 4.79 Å². The zero-order chi connectivity index (χ0) is 12.9. The Hall–Kier alpha value is -1.03. The SMILES string of the molecule is Cc1cc(Br)cc(N)c1NC(=O)C1C2CCCC21. The molecule has 2 atom stereocenters. The van der Waals surface area contributed by atoms with E-state index in [-0.39, 0.29) is 11.8 Å². The molecule has 18 heavy (non-hydrogen) atoms. The molecule has 0 radical (unpaired) electrons. The lowest BCUT2D eigenvalue weighted by Crippen LogP contribution is -2.18. The van der Waals surface area contributed by atoms with Gasteiger partial charge in [-0.2, -0.15) is 0 Å². The lowest BCUT2D eigenvalue weighted by molar-refractivity contribution is -0.118. The van der Waals surface area contributed by atoms with E-state index in [2.05, 4.69) is 21.2 Å². The average Bonchev–Trinajstić information content (AvgIpc) is 2.77. The molecule has 0 aliphatic heterocycles. The van der Waals surface area contributed by atoms with Crippen LogP contribution in [0, 0.1) is 24.7 Å². The van der Waals surface area contributed by atoms with Gasteiger partial charge in [0.25, 0.3) is 0 Å². The Bertz CT molecular complexity index is 482. The van der Waals surface area contributed by atoms with Gasteiger partial charge in [-0.25, -0.2) is 0 Å². The summed E-state index contributed by atoms with van der Waals surface area (Å²) in [5.41, 5.74) is 8.36. The summed E-state index contributed by atoms with van der Waals surface area (Å²) in [6.07, 6.45) is 3.73. The number of benzene rings is 1. The predicted molar refractivity (Wildman–Crippen MR) is 76.2 cm³/mol. The lowest BCUT2D eigenvalue weighted by atomic mass is 10.1. The number of nitrogens with two attached hydrogens (primary N) is 1. The van der Waals surface area contributed by atoms with Crippen LogP contribution in [0.5, 0.6) is 0 Å². The first-order valence-corrected chi connectivity index (χ1v) is 7.23. The highest BCUT2D eigenvalue weighted by atomic mass is 79.9. The van der Waals surface area contributed by atoms with Gasteiger partial charge < -0.3 is 11.1 Å². The number of anilines is 2. The molecule has 2 unspecified atom stereocenters. The van der Waals surface area contributed by atoms with Crippen LogP contribution in [0.3, 0.4) is 0 Å². The summed E-state index contributed by atoms with van der Waals surface area (Å²) >= 11 is 3.40. The Balaban J connectivity index is 1.75. The molecule has 3 N–H and O–H groups in total. The number of amides is 1. The van der Waals surface area contributed by atoms with Crippen molar-refractivity contribution in [3.8, 4) is 0 Å². The molecular formula is C14H17BrN2O. The fourth-order valence-corrected chi connectivity index (χ4v) is 3.95. The van der Waals surface area contributed by atoms with Crippen molar-refractivity contribution in [2.75, 3.05) is 11.1 Å². The zero-order valence-electron chi connectivity index (χ0n) is 10.4. The molecule has 0 bridgehead atoms. The van der Waals surface area contributed by atoms with E-state index in [0.29, 0.717) is 17.5 Å². The number of nitrogens with one attached hydrogen (secondary N) is 1. The molecule has 2 saturated carbocycles. The highest BCUT2D eigenvalue weighted by Crippen LogP contribution is 2.57. The second-order valence-electron chi connectivity index (χ2n) is 5.46. The van der Waals surface area contributed by atoms with Gasteiger partial charge in [0.05, 0.1) is 11.4 Å². The fourth-order valence-electron chi connectivity index (χ4n) is 3.36. The number of halogens is 1. The van der Waals surface area contributed by atoms with Crippen LogP contribution in [0.4, 0.5) is 11.4 Å². The molecule has 0 aromatic heterocycles. The molecular weight excluding hydrogens is 292 g/mol. The molecule has 1 aromatic rings. The predicted octanol–water partition coefficient (Wildman–Crippen LogP) is 3.32. The van der Waals surface area contributed by atoms with Gasteiger partial charge in [-0.1, -0.05) is 22.4 Å². The van der Waals surface area contributed by atoms with Gasteiger partial charge in [0.2, 0.25) is 5.91 Å². The molecule has 2 aliphatic rings. The summed E-state index contributed by atoms with van der Waals surface area (Å²) in [5, 5.41) is 3.01. The Labute approximate surface area is 115 Å². The van der Waals surface area contributed by atoms with E-state index in [9.17, 15) is 4.79 Å². The third-order valence-electron chi connectivity index (χ3n) is 4.29. The van der Waals surface area contributed by atoms with Crippen molar-refractivity contribution in [3.05, 3.63) is 22.2 Å². The zero-order valence-corrected chi connectivity index (χ0v) is 12.0.